The van der Waals surface area contributed by atoms with Gasteiger partial charge >= 0.3 is 0 Å². The first-order valence-corrected chi connectivity index (χ1v) is 9.37. The minimum absolute atomic E-state index is 0.0103. The van der Waals surface area contributed by atoms with Gasteiger partial charge in [0, 0.05) is 12.2 Å². The zero-order valence-corrected chi connectivity index (χ0v) is 15.5. The Morgan fingerprint density at radius 2 is 2.17 bits per heavy atom. The summed E-state index contributed by atoms with van der Waals surface area (Å²) in [5.74, 6) is 0.270. The predicted molar refractivity (Wildman–Crippen MR) is 95.5 cm³/mol. The van der Waals surface area contributed by atoms with Crippen LogP contribution in [0.2, 0.25) is 10.0 Å². The van der Waals surface area contributed by atoms with E-state index in [-0.39, 0.29) is 17.7 Å². The molecule has 2 aromatic heterocycles. The maximum absolute atomic E-state index is 12.0. The molecule has 2 rings (SSSR count). The Morgan fingerprint density at radius 3 is 2.91 bits per heavy atom. The van der Waals surface area contributed by atoms with Crippen LogP contribution in [0.5, 0.6) is 0 Å². The second kappa shape index (κ2) is 8.76. The van der Waals surface area contributed by atoms with Crippen molar-refractivity contribution in [1.29, 1.82) is 0 Å². The number of unbranched alkanes of at least 4 members (excludes halogenated alkanes) is 2. The number of fused-ring (bicyclic) bond motifs is 1. The van der Waals surface area contributed by atoms with E-state index in [2.05, 4.69) is 22.4 Å². The number of pyridine rings is 1. The number of aromatic nitrogens is 3. The molecule has 2 heterocycles. The molecule has 0 saturated carbocycles. The summed E-state index contributed by atoms with van der Waals surface area (Å²) in [4.78, 5) is 12.0. The monoisotopic (exact) mass is 374 g/mol. The molecule has 0 radical (unpaired) electrons. The first-order chi connectivity index (χ1) is 11.0. The van der Waals surface area contributed by atoms with Crippen LogP contribution in [0.4, 0.5) is 0 Å². The first-order valence-electron chi connectivity index (χ1n) is 7.63. The Labute approximate surface area is 150 Å². The van der Waals surface area contributed by atoms with Gasteiger partial charge in [-0.05, 0) is 19.4 Å². The van der Waals surface area contributed by atoms with Gasteiger partial charge in [-0.1, -0.05) is 61.1 Å². The van der Waals surface area contributed by atoms with Crippen molar-refractivity contribution < 1.29 is 4.79 Å². The predicted octanol–water partition coefficient (Wildman–Crippen LogP) is 4.21. The molecule has 5 nitrogen and oxygen atoms in total. The summed E-state index contributed by atoms with van der Waals surface area (Å²) in [6.45, 7) is 4.20. The first kappa shape index (κ1) is 18.4. The van der Waals surface area contributed by atoms with E-state index in [4.69, 9.17) is 23.2 Å². The second-order valence-corrected chi connectivity index (χ2v) is 7.22. The van der Waals surface area contributed by atoms with E-state index >= 15 is 0 Å². The van der Waals surface area contributed by atoms with Crippen LogP contribution in [-0.2, 0) is 4.79 Å². The van der Waals surface area contributed by atoms with Crippen molar-refractivity contribution in [3.63, 3.8) is 0 Å². The van der Waals surface area contributed by atoms with Crippen LogP contribution in [0, 0.1) is 0 Å². The van der Waals surface area contributed by atoms with E-state index in [1.807, 2.05) is 6.92 Å². The Morgan fingerprint density at radius 1 is 1.39 bits per heavy atom. The molecule has 0 bridgehead atoms. The van der Waals surface area contributed by atoms with Gasteiger partial charge in [-0.15, -0.1) is 10.2 Å². The number of nitrogens with one attached hydrogen (secondary N) is 1. The standard InChI is InChI=1S/C15H20Cl2N4OS/c1-3-4-5-6-10(2)18-13(22)9-23-15-20-19-14-12(17)7-11(16)8-21(14)15/h7-8,10H,3-6,9H2,1-2H3,(H,18,22). The van der Waals surface area contributed by atoms with Crippen molar-refractivity contribution >= 4 is 46.5 Å². The maximum Gasteiger partial charge on any atom is 0.230 e. The van der Waals surface area contributed by atoms with Crippen molar-refractivity contribution in [3.05, 3.63) is 22.3 Å². The van der Waals surface area contributed by atoms with Gasteiger partial charge in [0.2, 0.25) is 5.91 Å². The van der Waals surface area contributed by atoms with Crippen molar-refractivity contribution in [2.45, 2.75) is 50.7 Å². The Kier molecular flexibility index (Phi) is 6.99. The highest BCUT2D eigenvalue weighted by Crippen LogP contribution is 2.25. The molecular formula is C15H20Cl2N4OS. The van der Waals surface area contributed by atoms with Crippen molar-refractivity contribution in [2.75, 3.05) is 5.75 Å². The largest absolute Gasteiger partial charge is 0.353 e. The van der Waals surface area contributed by atoms with Gasteiger partial charge in [0.15, 0.2) is 10.8 Å². The number of nitrogens with zero attached hydrogens (tertiary/aromatic N) is 3. The fourth-order valence-electron chi connectivity index (χ4n) is 2.22. The smallest absolute Gasteiger partial charge is 0.230 e. The van der Waals surface area contributed by atoms with Crippen LogP contribution in [-0.4, -0.2) is 32.3 Å². The number of rotatable bonds is 8. The summed E-state index contributed by atoms with van der Waals surface area (Å²) >= 11 is 13.4. The molecule has 0 aromatic carbocycles. The van der Waals surface area contributed by atoms with Crippen LogP contribution in [0.1, 0.15) is 39.5 Å². The average Bonchev–Trinajstić information content (AvgIpc) is 2.88. The van der Waals surface area contributed by atoms with Gasteiger partial charge in [0.25, 0.3) is 0 Å². The lowest BCUT2D eigenvalue weighted by molar-refractivity contribution is -0.119. The van der Waals surface area contributed by atoms with E-state index < -0.39 is 0 Å². The SMILES string of the molecule is CCCCCC(C)NC(=O)CSc1nnc2c(Cl)cc(Cl)cn12. The average molecular weight is 375 g/mol. The molecule has 0 spiro atoms. The highest BCUT2D eigenvalue weighted by atomic mass is 35.5. The highest BCUT2D eigenvalue weighted by Gasteiger charge is 2.13. The minimum atomic E-state index is -0.0103. The van der Waals surface area contributed by atoms with Crippen molar-refractivity contribution in [3.8, 4) is 0 Å². The quantitative estimate of drug-likeness (QED) is 0.555. The Hall–Kier alpha value is -0.980. The Bertz CT molecular complexity index is 677. The van der Waals surface area contributed by atoms with E-state index in [0.717, 1.165) is 12.8 Å². The van der Waals surface area contributed by atoms with Crippen LogP contribution >= 0.6 is 35.0 Å². The molecule has 23 heavy (non-hydrogen) atoms. The number of halogens is 2. The minimum Gasteiger partial charge on any atom is -0.353 e. The number of carbonyl (C=O) groups excluding carboxylic acids is 1. The molecule has 0 saturated heterocycles. The summed E-state index contributed by atoms with van der Waals surface area (Å²) in [5.41, 5.74) is 0.534. The molecule has 0 aliphatic rings. The maximum atomic E-state index is 12.0. The summed E-state index contributed by atoms with van der Waals surface area (Å²) < 4.78 is 1.70. The van der Waals surface area contributed by atoms with Crippen LogP contribution < -0.4 is 5.32 Å². The van der Waals surface area contributed by atoms with Crippen LogP contribution in [0.3, 0.4) is 0 Å². The number of thioether (sulfide) groups is 1. The molecule has 126 valence electrons. The normalized spacial score (nSPS) is 12.5. The topological polar surface area (TPSA) is 59.3 Å². The molecule has 1 atom stereocenters. The summed E-state index contributed by atoms with van der Waals surface area (Å²) in [6.07, 6.45) is 6.21. The van der Waals surface area contributed by atoms with Crippen molar-refractivity contribution in [1.82, 2.24) is 19.9 Å². The number of carbonyl (C=O) groups is 1. The van der Waals surface area contributed by atoms with E-state index in [1.165, 1.54) is 24.6 Å². The van der Waals surface area contributed by atoms with E-state index in [0.29, 0.717) is 20.8 Å². The molecule has 1 N–H and O–H groups in total. The molecule has 2 aromatic rings. The lowest BCUT2D eigenvalue weighted by Crippen LogP contribution is -2.33. The molecule has 1 amide bonds. The molecule has 0 fully saturated rings. The van der Waals surface area contributed by atoms with E-state index in [1.54, 1.807) is 16.7 Å². The van der Waals surface area contributed by atoms with Gasteiger partial charge < -0.3 is 5.32 Å². The zero-order chi connectivity index (χ0) is 16.8. The van der Waals surface area contributed by atoms with Gasteiger partial charge in [-0.3, -0.25) is 9.20 Å². The molecule has 1 unspecified atom stereocenters. The molecule has 0 aliphatic carbocycles. The third-order valence-electron chi connectivity index (χ3n) is 3.38. The van der Waals surface area contributed by atoms with Gasteiger partial charge in [-0.25, -0.2) is 0 Å². The molecule has 8 heteroatoms. The highest BCUT2D eigenvalue weighted by molar-refractivity contribution is 7.99. The van der Waals surface area contributed by atoms with Gasteiger partial charge in [0.05, 0.1) is 15.8 Å². The fraction of sp³-hybridized carbons (Fsp3) is 0.533. The zero-order valence-electron chi connectivity index (χ0n) is 13.2. The van der Waals surface area contributed by atoms with Crippen molar-refractivity contribution in [2.24, 2.45) is 0 Å². The molecular weight excluding hydrogens is 355 g/mol. The number of hydrogen-bond donors (Lipinski definition) is 1. The lowest BCUT2D eigenvalue weighted by Gasteiger charge is -2.13. The van der Waals surface area contributed by atoms with Crippen LogP contribution in [0.15, 0.2) is 17.4 Å². The summed E-state index contributed by atoms with van der Waals surface area (Å²) in [5, 5.41) is 12.6. The second-order valence-electron chi connectivity index (χ2n) is 5.44. The third-order valence-corrected chi connectivity index (χ3v) is 4.80. The number of hydrogen-bond acceptors (Lipinski definition) is 4. The van der Waals surface area contributed by atoms with Crippen LogP contribution in [0.25, 0.3) is 5.65 Å². The van der Waals surface area contributed by atoms with E-state index in [9.17, 15) is 4.79 Å². The van der Waals surface area contributed by atoms with Gasteiger partial charge in [0.1, 0.15) is 0 Å². The molecule has 0 aliphatic heterocycles. The summed E-state index contributed by atoms with van der Waals surface area (Å²) in [6, 6.07) is 1.81. The lowest BCUT2D eigenvalue weighted by atomic mass is 10.1. The third kappa shape index (κ3) is 5.26. The Balaban J connectivity index is 1.89. The van der Waals surface area contributed by atoms with Gasteiger partial charge in [-0.2, -0.15) is 0 Å². The number of amides is 1. The fourth-order valence-corrected chi connectivity index (χ4v) is 3.45. The summed E-state index contributed by atoms with van der Waals surface area (Å²) in [7, 11) is 0.